The van der Waals surface area contributed by atoms with Crippen LogP contribution in [0.25, 0.3) is 10.7 Å². The number of aromatic nitrogens is 3. The van der Waals surface area contributed by atoms with Crippen LogP contribution in [-0.2, 0) is 4.79 Å². The molecule has 1 N–H and O–H groups in total. The topological polar surface area (TPSA) is 59.8 Å². The molecule has 136 valence electrons. The summed E-state index contributed by atoms with van der Waals surface area (Å²) in [5, 5.41) is 10.9. The minimum atomic E-state index is -0.434. The Balaban J connectivity index is 1.74. The molecule has 1 aliphatic carbocycles. The molecule has 8 heteroatoms. The van der Waals surface area contributed by atoms with Crippen LogP contribution in [-0.4, -0.2) is 20.5 Å². The Morgan fingerprint density at radius 2 is 2.07 bits per heavy atom. The lowest BCUT2D eigenvalue weighted by molar-refractivity contribution is -0.116. The fourth-order valence-electron chi connectivity index (χ4n) is 3.69. The second-order valence-corrected chi connectivity index (χ2v) is 8.25. The molecular formula is C19H14Cl2N4OS. The summed E-state index contributed by atoms with van der Waals surface area (Å²) in [6.45, 7) is 0. The number of ketones is 1. The van der Waals surface area contributed by atoms with E-state index in [9.17, 15) is 4.79 Å². The van der Waals surface area contributed by atoms with Crippen LogP contribution in [0.5, 0.6) is 0 Å². The van der Waals surface area contributed by atoms with Gasteiger partial charge in [0.05, 0.1) is 14.9 Å². The molecule has 1 atom stereocenters. The summed E-state index contributed by atoms with van der Waals surface area (Å²) in [6.07, 6.45) is 2.15. The highest BCUT2D eigenvalue weighted by Gasteiger charge is 2.38. The van der Waals surface area contributed by atoms with Gasteiger partial charge >= 0.3 is 0 Å². The molecule has 5 rings (SSSR count). The van der Waals surface area contributed by atoms with E-state index in [0.717, 1.165) is 29.0 Å². The molecule has 3 aromatic rings. The third-order valence-electron chi connectivity index (χ3n) is 4.89. The summed E-state index contributed by atoms with van der Waals surface area (Å²) in [5.41, 5.74) is 2.38. The Morgan fingerprint density at radius 1 is 1.19 bits per heavy atom. The predicted octanol–water partition coefficient (Wildman–Crippen LogP) is 5.34. The van der Waals surface area contributed by atoms with Gasteiger partial charge in [0.25, 0.3) is 0 Å². The number of hydrogen-bond acceptors (Lipinski definition) is 5. The number of hydrogen-bond donors (Lipinski definition) is 1. The van der Waals surface area contributed by atoms with Crippen molar-refractivity contribution in [3.05, 3.63) is 62.6 Å². The molecule has 2 aromatic heterocycles. The lowest BCUT2D eigenvalue weighted by Crippen LogP contribution is -2.31. The first kappa shape index (κ1) is 17.0. The van der Waals surface area contributed by atoms with E-state index in [1.165, 1.54) is 0 Å². The van der Waals surface area contributed by atoms with Crippen LogP contribution in [0.1, 0.15) is 30.9 Å². The van der Waals surface area contributed by atoms with Gasteiger partial charge in [-0.3, -0.25) is 4.79 Å². The highest BCUT2D eigenvalue weighted by atomic mass is 35.5. The number of nitrogens with one attached hydrogen (secondary N) is 1. The van der Waals surface area contributed by atoms with E-state index in [1.807, 2.05) is 29.6 Å². The van der Waals surface area contributed by atoms with Gasteiger partial charge in [0.2, 0.25) is 5.95 Å². The number of halogens is 2. The second-order valence-electron chi connectivity index (χ2n) is 6.52. The van der Waals surface area contributed by atoms with Crippen LogP contribution < -0.4 is 5.32 Å². The third kappa shape index (κ3) is 2.71. The molecule has 0 bridgehead atoms. The Kier molecular flexibility index (Phi) is 4.07. The molecular weight excluding hydrogens is 403 g/mol. The maximum Gasteiger partial charge on any atom is 0.226 e. The zero-order valence-electron chi connectivity index (χ0n) is 14.1. The van der Waals surface area contributed by atoms with Gasteiger partial charge in [0.1, 0.15) is 6.04 Å². The number of fused-ring (bicyclic) bond motifs is 1. The molecule has 0 amide bonds. The van der Waals surface area contributed by atoms with Gasteiger partial charge < -0.3 is 5.32 Å². The summed E-state index contributed by atoms with van der Waals surface area (Å²) >= 11 is 14.4. The maximum atomic E-state index is 12.8. The Bertz CT molecular complexity index is 1090. The van der Waals surface area contributed by atoms with Crippen LogP contribution >= 0.6 is 34.5 Å². The quantitative estimate of drug-likeness (QED) is 0.612. The maximum absolute atomic E-state index is 12.8. The van der Waals surface area contributed by atoms with Crippen molar-refractivity contribution in [3.63, 3.8) is 0 Å². The Hall–Kier alpha value is -2.15. The van der Waals surface area contributed by atoms with Crippen molar-refractivity contribution in [2.45, 2.75) is 25.3 Å². The number of benzene rings is 1. The highest BCUT2D eigenvalue weighted by Crippen LogP contribution is 2.43. The molecule has 0 saturated carbocycles. The van der Waals surface area contributed by atoms with Crippen LogP contribution in [0.15, 0.2) is 47.0 Å². The minimum absolute atomic E-state index is 0.114. The van der Waals surface area contributed by atoms with E-state index in [0.29, 0.717) is 33.8 Å². The summed E-state index contributed by atoms with van der Waals surface area (Å²) < 4.78 is 1.76. The van der Waals surface area contributed by atoms with Gasteiger partial charge in [-0.15, -0.1) is 16.4 Å². The molecule has 2 aliphatic rings. The van der Waals surface area contributed by atoms with E-state index in [-0.39, 0.29) is 5.78 Å². The number of anilines is 1. The smallest absolute Gasteiger partial charge is 0.226 e. The summed E-state index contributed by atoms with van der Waals surface area (Å²) in [5.74, 6) is 1.36. The Labute approximate surface area is 169 Å². The van der Waals surface area contributed by atoms with Crippen molar-refractivity contribution in [2.75, 3.05) is 5.32 Å². The van der Waals surface area contributed by atoms with Crippen molar-refractivity contribution >= 4 is 46.3 Å². The molecule has 1 unspecified atom stereocenters. The van der Waals surface area contributed by atoms with Crippen LogP contribution in [0.2, 0.25) is 10.0 Å². The predicted molar refractivity (Wildman–Crippen MR) is 107 cm³/mol. The monoisotopic (exact) mass is 416 g/mol. The molecule has 0 radical (unpaired) electrons. The first-order chi connectivity index (χ1) is 13.1. The molecule has 1 aromatic carbocycles. The SMILES string of the molecule is O=C1CCCC2=C1C(c1cccc(Cl)c1Cl)n1nc(-c3cccs3)nc1N2. The van der Waals surface area contributed by atoms with Crippen molar-refractivity contribution in [1.82, 2.24) is 14.8 Å². The minimum Gasteiger partial charge on any atom is -0.328 e. The van der Waals surface area contributed by atoms with Crippen molar-refractivity contribution < 1.29 is 4.79 Å². The number of rotatable bonds is 2. The first-order valence-electron chi connectivity index (χ1n) is 8.61. The summed E-state index contributed by atoms with van der Waals surface area (Å²) in [4.78, 5) is 18.5. The van der Waals surface area contributed by atoms with E-state index in [2.05, 4.69) is 10.3 Å². The normalized spacial score (nSPS) is 18.9. The molecule has 0 saturated heterocycles. The first-order valence-corrected chi connectivity index (χ1v) is 10.2. The molecule has 1 aliphatic heterocycles. The lowest BCUT2D eigenvalue weighted by atomic mass is 9.85. The van der Waals surface area contributed by atoms with E-state index in [1.54, 1.807) is 22.1 Å². The fraction of sp³-hybridized carbons (Fsp3) is 0.211. The molecule has 0 fully saturated rings. The van der Waals surface area contributed by atoms with Crippen LogP contribution in [0, 0.1) is 0 Å². The van der Waals surface area contributed by atoms with E-state index >= 15 is 0 Å². The lowest BCUT2D eigenvalue weighted by Gasteiger charge is -2.32. The molecule has 0 spiro atoms. The van der Waals surface area contributed by atoms with Gasteiger partial charge in [0.15, 0.2) is 11.6 Å². The van der Waals surface area contributed by atoms with Gasteiger partial charge in [-0.2, -0.15) is 4.98 Å². The number of nitrogens with zero attached hydrogens (tertiary/aromatic N) is 3. The summed E-state index contributed by atoms with van der Waals surface area (Å²) in [7, 11) is 0. The largest absolute Gasteiger partial charge is 0.328 e. The van der Waals surface area contributed by atoms with Gasteiger partial charge in [0, 0.05) is 23.3 Å². The zero-order valence-corrected chi connectivity index (χ0v) is 16.4. The van der Waals surface area contributed by atoms with E-state index in [4.69, 9.17) is 28.3 Å². The second kappa shape index (κ2) is 6.48. The number of Topliss-reactive ketones (excluding diaryl/α,β-unsaturated/α-hetero) is 1. The Morgan fingerprint density at radius 3 is 2.89 bits per heavy atom. The molecule has 27 heavy (non-hydrogen) atoms. The average Bonchev–Trinajstić information content (AvgIpc) is 3.32. The van der Waals surface area contributed by atoms with Gasteiger partial charge in [-0.25, -0.2) is 4.68 Å². The number of thiophene rings is 1. The van der Waals surface area contributed by atoms with Crippen LogP contribution in [0.3, 0.4) is 0 Å². The number of carbonyl (C=O) groups excluding carboxylic acids is 1. The summed E-state index contributed by atoms with van der Waals surface area (Å²) in [6, 6.07) is 8.99. The van der Waals surface area contributed by atoms with Gasteiger partial charge in [-0.1, -0.05) is 41.4 Å². The standard InChI is InChI=1S/C19H14Cl2N4OS/c20-11-5-1-4-10(16(11)21)17-15-12(6-2-7-13(15)26)22-19-23-18(24-25(17)19)14-8-3-9-27-14/h1,3-5,8-9,17H,2,6-7H2,(H,22,23,24). The average molecular weight is 417 g/mol. The highest BCUT2D eigenvalue weighted by molar-refractivity contribution is 7.13. The number of carbonyl (C=O) groups is 1. The molecule has 3 heterocycles. The molecule has 5 nitrogen and oxygen atoms in total. The van der Waals surface area contributed by atoms with E-state index < -0.39 is 6.04 Å². The van der Waals surface area contributed by atoms with Crippen molar-refractivity contribution in [3.8, 4) is 10.7 Å². The van der Waals surface area contributed by atoms with Crippen molar-refractivity contribution in [1.29, 1.82) is 0 Å². The van der Waals surface area contributed by atoms with Crippen molar-refractivity contribution in [2.24, 2.45) is 0 Å². The zero-order chi connectivity index (χ0) is 18.5. The van der Waals surface area contributed by atoms with Gasteiger partial charge in [-0.05, 0) is 30.4 Å². The fourth-order valence-corrected chi connectivity index (χ4v) is 4.75. The third-order valence-corrected chi connectivity index (χ3v) is 6.59. The van der Waals surface area contributed by atoms with Crippen LogP contribution in [0.4, 0.5) is 5.95 Å². The number of allylic oxidation sites excluding steroid dienone is 2.